The molecule has 7 amide bonds. The SMILES string of the molecule is CC(=O)NC1C(OCCOCCOCCOCCNC(=O)CCC(CCC(=O)NCCOCCOCCOCCOC2OC(CO)C(O)C(O)C2NC(C)=O)(CCC(=O)NCCOCCOCCOCCOC2OC(CO)C(O)C(O)C2NC(C)=O)NC(=O)CNC(C)(C)C)OC(CO)C(O)C1O. The predicted molar refractivity (Wildman–Crippen MR) is 357 cm³/mol. The van der Waals surface area contributed by atoms with Crippen LogP contribution in [-0.4, -0.2) is 375 Å². The molecule has 39 nitrogen and oxygen atoms in total. The zero-order valence-electron chi connectivity index (χ0n) is 60.2. The summed E-state index contributed by atoms with van der Waals surface area (Å²) in [5.41, 5.74) is -1.67. The largest absolute Gasteiger partial charge is 0.394 e. The Labute approximate surface area is 600 Å². The number of aliphatic hydroxyl groups is 9. The maximum absolute atomic E-state index is 13.7. The molecule has 0 spiro atoms. The van der Waals surface area contributed by atoms with Crippen LogP contribution in [-0.2, 0) is 105 Å². The van der Waals surface area contributed by atoms with E-state index in [1.54, 1.807) is 0 Å². The van der Waals surface area contributed by atoms with Crippen molar-refractivity contribution in [3.8, 4) is 0 Å². The highest BCUT2D eigenvalue weighted by atomic mass is 16.7. The fraction of sp³-hybridized carbons (Fsp3) is 0.891. The maximum Gasteiger partial charge on any atom is 0.234 e. The zero-order valence-corrected chi connectivity index (χ0v) is 60.2. The van der Waals surface area contributed by atoms with Crippen molar-refractivity contribution in [2.24, 2.45) is 0 Å². The lowest BCUT2D eigenvalue weighted by Gasteiger charge is -2.42. The number of ether oxygens (including phenoxy) is 15. The molecule has 3 aliphatic rings. The van der Waals surface area contributed by atoms with Crippen molar-refractivity contribution in [3.05, 3.63) is 0 Å². The summed E-state index contributed by atoms with van der Waals surface area (Å²) in [7, 11) is 0. The molecule has 0 aromatic rings. The standard InChI is InChI=1S/C64H118N8O31/c1-41(76)69-51-57(86)54(83)44(38-73)101-60(51)98-34-31-95-28-25-92-22-19-89-16-13-65-47(79)7-10-64(72-50(82)37-68-63(4,5)6,11-8-48(80)66-14-17-90-20-23-93-26-29-96-32-35-99-61-52(70-42(2)77)58(87)55(84)45(39-74)102-61)12-9-49(81)67-15-18-91-21-24-94-27-30-97-33-36-100-62-53(71-43(3)78)59(88)56(85)46(40-75)103-62/h44-46,51-62,68,73-75,83-88H,7-40H2,1-6H3,(H,65,79)(H,66,80)(H,67,81)(H,69,76)(H,70,77)(H,71,78)(H,72,82). The Morgan fingerprint density at radius 2 is 0.592 bits per heavy atom. The van der Waals surface area contributed by atoms with Gasteiger partial charge in [-0.15, -0.1) is 0 Å². The molecule has 0 saturated carbocycles. The van der Waals surface area contributed by atoms with Crippen LogP contribution in [0, 0.1) is 0 Å². The van der Waals surface area contributed by atoms with E-state index in [0.29, 0.717) is 0 Å². The minimum absolute atomic E-state index is 0.00396. The van der Waals surface area contributed by atoms with Crippen LogP contribution in [0.2, 0.25) is 0 Å². The van der Waals surface area contributed by atoms with Gasteiger partial charge in [-0.1, -0.05) is 0 Å². The van der Waals surface area contributed by atoms with Crippen LogP contribution in [0.3, 0.4) is 0 Å². The van der Waals surface area contributed by atoms with E-state index < -0.39 is 146 Å². The molecule has 0 aromatic carbocycles. The minimum Gasteiger partial charge on any atom is -0.394 e. The number of rotatable bonds is 57. The normalized spacial score (nSPS) is 25.6. The molecule has 600 valence electrons. The van der Waals surface area contributed by atoms with E-state index in [9.17, 15) is 79.5 Å². The van der Waals surface area contributed by atoms with Gasteiger partial charge >= 0.3 is 0 Å². The smallest absolute Gasteiger partial charge is 0.234 e. The molecule has 17 N–H and O–H groups in total. The summed E-state index contributed by atoms with van der Waals surface area (Å²) in [6.07, 6.45) is -15.6. The molecule has 0 aromatic heterocycles. The quantitative estimate of drug-likeness (QED) is 0.0252. The molecular formula is C64H118N8O31. The lowest BCUT2D eigenvalue weighted by atomic mass is 9.83. The van der Waals surface area contributed by atoms with Gasteiger partial charge in [0.1, 0.15) is 73.1 Å². The number of hydrogen-bond donors (Lipinski definition) is 17. The second kappa shape index (κ2) is 53.1. The minimum atomic E-state index is -1.44. The molecule has 3 heterocycles. The van der Waals surface area contributed by atoms with Crippen LogP contribution in [0.1, 0.15) is 80.1 Å². The van der Waals surface area contributed by atoms with Crippen LogP contribution < -0.4 is 42.5 Å². The van der Waals surface area contributed by atoms with E-state index in [2.05, 4.69) is 42.5 Å². The second-order valence-electron chi connectivity index (χ2n) is 25.4. The average molecular weight is 1500 g/mol. The molecule has 15 atom stereocenters. The van der Waals surface area contributed by atoms with E-state index in [4.69, 9.17) is 71.1 Å². The lowest BCUT2D eigenvalue weighted by molar-refractivity contribution is -0.272. The van der Waals surface area contributed by atoms with E-state index in [-0.39, 0.29) is 221 Å². The first kappa shape index (κ1) is 92.5. The zero-order chi connectivity index (χ0) is 76.0. The molecule has 3 fully saturated rings. The monoisotopic (exact) mass is 1490 g/mol. The van der Waals surface area contributed by atoms with E-state index in [0.717, 1.165) is 0 Å². The highest BCUT2D eigenvalue weighted by Gasteiger charge is 2.48. The Hall–Kier alpha value is -4.71. The van der Waals surface area contributed by atoms with Crippen molar-refractivity contribution >= 4 is 41.4 Å². The number of nitrogens with one attached hydrogen (secondary N) is 8. The first-order valence-electron chi connectivity index (χ1n) is 34.8. The van der Waals surface area contributed by atoms with E-state index in [1.165, 1.54) is 20.8 Å². The summed E-state index contributed by atoms with van der Waals surface area (Å²) >= 11 is 0. The Morgan fingerprint density at radius 3 is 0.825 bits per heavy atom. The van der Waals surface area contributed by atoms with E-state index >= 15 is 0 Å². The van der Waals surface area contributed by atoms with Crippen LogP contribution in [0.5, 0.6) is 0 Å². The van der Waals surface area contributed by atoms with Gasteiger partial charge in [0.15, 0.2) is 18.9 Å². The molecule has 0 aliphatic carbocycles. The van der Waals surface area contributed by atoms with Crippen molar-refractivity contribution in [2.75, 3.05) is 185 Å². The van der Waals surface area contributed by atoms with Crippen molar-refractivity contribution in [3.63, 3.8) is 0 Å². The molecule has 39 heteroatoms. The number of aliphatic hydroxyl groups excluding tert-OH is 9. The van der Waals surface area contributed by atoms with Gasteiger partial charge in [0.25, 0.3) is 0 Å². The fourth-order valence-corrected chi connectivity index (χ4v) is 10.5. The van der Waals surface area contributed by atoms with Gasteiger partial charge in [-0.25, -0.2) is 0 Å². The van der Waals surface area contributed by atoms with Crippen LogP contribution >= 0.6 is 0 Å². The molecule has 3 rings (SSSR count). The molecule has 3 saturated heterocycles. The molecule has 0 radical (unpaired) electrons. The van der Waals surface area contributed by atoms with Gasteiger partial charge in [0, 0.05) is 70.7 Å². The van der Waals surface area contributed by atoms with Gasteiger partial charge in [0.05, 0.1) is 165 Å². The summed E-state index contributed by atoms with van der Waals surface area (Å²) in [4.78, 5) is 89.0. The van der Waals surface area contributed by atoms with Crippen molar-refractivity contribution in [2.45, 2.75) is 183 Å². The summed E-state index contributed by atoms with van der Waals surface area (Å²) in [5.74, 6) is -2.99. The summed E-state index contributed by atoms with van der Waals surface area (Å²) < 4.78 is 83.6. The summed E-state index contributed by atoms with van der Waals surface area (Å²) in [6.45, 7) is 11.0. The molecule has 103 heavy (non-hydrogen) atoms. The third-order valence-corrected chi connectivity index (χ3v) is 15.9. The Balaban J connectivity index is 1.45. The second-order valence-corrected chi connectivity index (χ2v) is 25.4. The predicted octanol–water partition coefficient (Wildman–Crippen LogP) is -8.05. The average Bonchev–Trinajstić information content (AvgIpc) is 0.854. The Morgan fingerprint density at radius 1 is 0.350 bits per heavy atom. The highest BCUT2D eigenvalue weighted by molar-refractivity contribution is 5.81. The molecule has 15 unspecified atom stereocenters. The third-order valence-electron chi connectivity index (χ3n) is 15.9. The molecular weight excluding hydrogens is 1380 g/mol. The van der Waals surface area contributed by atoms with Crippen LogP contribution in [0.25, 0.3) is 0 Å². The molecule has 0 bridgehead atoms. The van der Waals surface area contributed by atoms with Crippen LogP contribution in [0.15, 0.2) is 0 Å². The Bertz CT molecular complexity index is 2140. The van der Waals surface area contributed by atoms with Gasteiger partial charge in [-0.3, -0.25) is 33.6 Å². The highest BCUT2D eigenvalue weighted by Crippen LogP contribution is 2.28. The maximum atomic E-state index is 13.7. The van der Waals surface area contributed by atoms with Gasteiger partial charge in [-0.05, 0) is 40.0 Å². The summed E-state index contributed by atoms with van der Waals surface area (Å²) in [5, 5.41) is 113. The van der Waals surface area contributed by atoms with Gasteiger partial charge in [0.2, 0.25) is 41.4 Å². The number of carbonyl (C=O) groups is 7. The lowest BCUT2D eigenvalue weighted by Crippen LogP contribution is -2.64. The van der Waals surface area contributed by atoms with Crippen molar-refractivity contribution in [1.82, 2.24) is 42.5 Å². The van der Waals surface area contributed by atoms with Crippen molar-refractivity contribution < 1.29 is 151 Å². The first-order valence-corrected chi connectivity index (χ1v) is 34.8. The number of carbonyl (C=O) groups excluding carboxylic acids is 7. The summed E-state index contributed by atoms with van der Waals surface area (Å²) in [6, 6.07) is -3.24. The third kappa shape index (κ3) is 39.1. The van der Waals surface area contributed by atoms with Crippen LogP contribution in [0.4, 0.5) is 0 Å². The first-order chi connectivity index (χ1) is 49.2. The van der Waals surface area contributed by atoms with Crippen molar-refractivity contribution in [1.29, 1.82) is 0 Å². The Kier molecular flexibility index (Phi) is 47.7. The fourth-order valence-electron chi connectivity index (χ4n) is 10.5. The van der Waals surface area contributed by atoms with Gasteiger partial charge < -0.3 is 160 Å². The number of amides is 7. The molecule has 3 aliphatic heterocycles. The van der Waals surface area contributed by atoms with Gasteiger partial charge in [-0.2, -0.15) is 0 Å². The van der Waals surface area contributed by atoms with E-state index in [1.807, 2.05) is 20.8 Å². The number of hydrogen-bond acceptors (Lipinski definition) is 32. The topological polar surface area (TPSA) is 536 Å².